The topological polar surface area (TPSA) is 29.1 Å². The first kappa shape index (κ1) is 11.6. The summed E-state index contributed by atoms with van der Waals surface area (Å²) in [5.74, 6) is 0.275. The summed E-state index contributed by atoms with van der Waals surface area (Å²) in [7, 11) is 0. The maximum Gasteiger partial charge on any atom is 0.165 e. The Bertz CT molecular complexity index is 468. The number of piperidine rings is 1. The Morgan fingerprint density at radius 2 is 2.06 bits per heavy atom. The van der Waals surface area contributed by atoms with E-state index in [0.717, 1.165) is 41.4 Å². The molecule has 4 heteroatoms. The third-order valence-corrected chi connectivity index (χ3v) is 5.35. The van der Waals surface area contributed by atoms with E-state index < -0.39 is 0 Å². The molecule has 2 aliphatic rings. The number of thioether (sulfide) groups is 1. The predicted octanol–water partition coefficient (Wildman–Crippen LogP) is 3.14. The van der Waals surface area contributed by atoms with Crippen LogP contribution in [0.3, 0.4) is 0 Å². The Labute approximate surface area is 110 Å². The van der Waals surface area contributed by atoms with Gasteiger partial charge in [-0.1, -0.05) is 11.6 Å². The maximum absolute atomic E-state index is 12.2. The largest absolute Gasteiger partial charge is 0.317 e. The molecule has 90 valence electrons. The fourth-order valence-electron chi connectivity index (χ4n) is 2.63. The number of Topliss-reactive ketones (excluding diaryl/α,β-unsaturated/α-hetero) is 1. The van der Waals surface area contributed by atoms with Crippen molar-refractivity contribution < 1.29 is 4.79 Å². The molecule has 1 saturated heterocycles. The molecule has 1 N–H and O–H groups in total. The molecule has 0 aromatic heterocycles. The van der Waals surface area contributed by atoms with Crippen LogP contribution in [0.4, 0.5) is 0 Å². The molecule has 0 unspecified atom stereocenters. The van der Waals surface area contributed by atoms with E-state index in [9.17, 15) is 4.79 Å². The zero-order valence-electron chi connectivity index (χ0n) is 9.46. The number of rotatable bonds is 0. The number of hydrogen-bond donors (Lipinski definition) is 1. The van der Waals surface area contributed by atoms with Gasteiger partial charge in [0.2, 0.25) is 0 Å². The van der Waals surface area contributed by atoms with E-state index in [0.29, 0.717) is 6.42 Å². The lowest BCUT2D eigenvalue weighted by Crippen LogP contribution is -2.42. The van der Waals surface area contributed by atoms with Crippen LogP contribution in [0, 0.1) is 0 Å². The average Bonchev–Trinajstić information content (AvgIpc) is 2.29. The minimum atomic E-state index is 0.111. The average molecular weight is 268 g/mol. The molecule has 1 aromatic rings. The quantitative estimate of drug-likeness (QED) is 0.783. The van der Waals surface area contributed by atoms with Gasteiger partial charge < -0.3 is 5.32 Å². The Morgan fingerprint density at radius 3 is 2.82 bits per heavy atom. The highest BCUT2D eigenvalue weighted by molar-refractivity contribution is 8.01. The summed E-state index contributed by atoms with van der Waals surface area (Å²) in [4.78, 5) is 13.3. The van der Waals surface area contributed by atoms with Crippen LogP contribution >= 0.6 is 23.4 Å². The lowest BCUT2D eigenvalue weighted by molar-refractivity contribution is 0.0955. The van der Waals surface area contributed by atoms with Gasteiger partial charge in [0.1, 0.15) is 0 Å². The number of carbonyl (C=O) groups excluding carboxylic acids is 1. The summed E-state index contributed by atoms with van der Waals surface area (Å²) < 4.78 is 0.111. The molecule has 2 aliphatic heterocycles. The van der Waals surface area contributed by atoms with Crippen LogP contribution in [-0.2, 0) is 0 Å². The van der Waals surface area contributed by atoms with Crippen LogP contribution in [0.2, 0.25) is 5.02 Å². The molecule has 2 heterocycles. The highest BCUT2D eigenvalue weighted by Crippen LogP contribution is 2.48. The van der Waals surface area contributed by atoms with E-state index in [1.165, 1.54) is 0 Å². The molecule has 3 rings (SSSR count). The van der Waals surface area contributed by atoms with Crippen molar-refractivity contribution in [3.05, 3.63) is 28.8 Å². The van der Waals surface area contributed by atoms with E-state index >= 15 is 0 Å². The molecule has 0 atom stereocenters. The van der Waals surface area contributed by atoms with Gasteiger partial charge >= 0.3 is 0 Å². The second-order valence-corrected chi connectivity index (χ2v) is 6.72. The SMILES string of the molecule is O=C1CC2(CCNCC2)Sc2cc(Cl)ccc21. The maximum atomic E-state index is 12.2. The monoisotopic (exact) mass is 267 g/mol. The molecule has 1 fully saturated rings. The summed E-state index contributed by atoms with van der Waals surface area (Å²) >= 11 is 7.87. The first-order valence-corrected chi connectivity index (χ1v) is 7.11. The van der Waals surface area contributed by atoms with E-state index in [4.69, 9.17) is 11.6 Å². The van der Waals surface area contributed by atoms with Gasteiger partial charge in [0, 0.05) is 26.6 Å². The van der Waals surface area contributed by atoms with Crippen LogP contribution in [0.15, 0.2) is 23.1 Å². The van der Waals surface area contributed by atoms with Gasteiger partial charge in [-0.05, 0) is 44.1 Å². The third kappa shape index (κ3) is 2.12. The molecule has 1 aromatic carbocycles. The molecule has 1 spiro atoms. The fourth-order valence-corrected chi connectivity index (χ4v) is 4.42. The third-order valence-electron chi connectivity index (χ3n) is 3.57. The molecule has 0 radical (unpaired) electrons. The standard InChI is InChI=1S/C13H14ClNOS/c14-9-1-2-10-11(16)8-13(17-12(10)7-9)3-5-15-6-4-13/h1-2,7,15H,3-6,8H2. The number of hydrogen-bond acceptors (Lipinski definition) is 3. The molecule has 0 bridgehead atoms. The van der Waals surface area contributed by atoms with Crippen molar-refractivity contribution in [2.45, 2.75) is 28.9 Å². The smallest absolute Gasteiger partial charge is 0.165 e. The number of ketones is 1. The van der Waals surface area contributed by atoms with Gasteiger partial charge in [0.25, 0.3) is 0 Å². The molecular weight excluding hydrogens is 254 g/mol. The second kappa shape index (κ2) is 4.30. The Morgan fingerprint density at radius 1 is 1.29 bits per heavy atom. The molecule has 0 aliphatic carbocycles. The van der Waals surface area contributed by atoms with E-state index in [2.05, 4.69) is 5.32 Å². The van der Waals surface area contributed by atoms with Gasteiger partial charge in [0.15, 0.2) is 5.78 Å². The van der Waals surface area contributed by atoms with Crippen LogP contribution in [0.5, 0.6) is 0 Å². The highest BCUT2D eigenvalue weighted by atomic mass is 35.5. The van der Waals surface area contributed by atoms with Crippen molar-refractivity contribution in [3.63, 3.8) is 0 Å². The minimum absolute atomic E-state index is 0.111. The summed E-state index contributed by atoms with van der Waals surface area (Å²) in [6.07, 6.45) is 2.80. The van der Waals surface area contributed by atoms with Gasteiger partial charge in [0.05, 0.1) is 0 Å². The normalized spacial score (nSPS) is 22.5. The lowest BCUT2D eigenvalue weighted by atomic mass is 9.89. The van der Waals surface area contributed by atoms with Crippen molar-refractivity contribution in [1.82, 2.24) is 5.32 Å². The van der Waals surface area contributed by atoms with Crippen LogP contribution in [-0.4, -0.2) is 23.6 Å². The summed E-state index contributed by atoms with van der Waals surface area (Å²) in [6.45, 7) is 2.02. The summed E-state index contributed by atoms with van der Waals surface area (Å²) in [6, 6.07) is 5.60. The van der Waals surface area contributed by atoms with Crippen LogP contribution < -0.4 is 5.32 Å². The first-order valence-electron chi connectivity index (χ1n) is 5.91. The Hall–Kier alpha value is -0.510. The van der Waals surface area contributed by atoms with E-state index in [1.807, 2.05) is 23.9 Å². The van der Waals surface area contributed by atoms with Crippen molar-refractivity contribution in [2.75, 3.05) is 13.1 Å². The fraction of sp³-hybridized carbons (Fsp3) is 0.462. The summed E-state index contributed by atoms with van der Waals surface area (Å²) in [5, 5.41) is 4.07. The van der Waals surface area contributed by atoms with Gasteiger partial charge in [-0.25, -0.2) is 0 Å². The van der Waals surface area contributed by atoms with Crippen molar-refractivity contribution in [1.29, 1.82) is 0 Å². The van der Waals surface area contributed by atoms with E-state index in [1.54, 1.807) is 6.07 Å². The molecular formula is C13H14ClNOS. The first-order chi connectivity index (χ1) is 8.19. The van der Waals surface area contributed by atoms with Gasteiger partial charge in [-0.2, -0.15) is 0 Å². The molecule has 0 amide bonds. The van der Waals surface area contributed by atoms with Crippen LogP contribution in [0.1, 0.15) is 29.6 Å². The second-order valence-electron chi connectivity index (χ2n) is 4.78. The Balaban J connectivity index is 1.98. The van der Waals surface area contributed by atoms with Crippen LogP contribution in [0.25, 0.3) is 0 Å². The minimum Gasteiger partial charge on any atom is -0.317 e. The zero-order chi connectivity index (χ0) is 11.9. The predicted molar refractivity (Wildman–Crippen MR) is 71.1 cm³/mol. The number of fused-ring (bicyclic) bond motifs is 1. The van der Waals surface area contributed by atoms with Gasteiger partial charge in [-0.15, -0.1) is 11.8 Å². The number of halogens is 1. The van der Waals surface area contributed by atoms with Crippen molar-refractivity contribution >= 4 is 29.1 Å². The molecule has 0 saturated carbocycles. The molecule has 2 nitrogen and oxygen atoms in total. The van der Waals surface area contributed by atoms with Gasteiger partial charge in [-0.3, -0.25) is 4.79 Å². The zero-order valence-corrected chi connectivity index (χ0v) is 11.0. The van der Waals surface area contributed by atoms with Crippen molar-refractivity contribution in [3.8, 4) is 0 Å². The number of carbonyl (C=O) groups is 1. The van der Waals surface area contributed by atoms with E-state index in [-0.39, 0.29) is 10.5 Å². The lowest BCUT2D eigenvalue weighted by Gasteiger charge is -2.39. The summed E-state index contributed by atoms with van der Waals surface area (Å²) in [5.41, 5.74) is 0.851. The molecule has 17 heavy (non-hydrogen) atoms. The number of nitrogens with one attached hydrogen (secondary N) is 1. The van der Waals surface area contributed by atoms with Crippen molar-refractivity contribution in [2.24, 2.45) is 0 Å². The Kier molecular flexibility index (Phi) is 2.93. The number of benzene rings is 1. The highest BCUT2D eigenvalue weighted by Gasteiger charge is 2.40.